The highest BCUT2D eigenvalue weighted by Gasteiger charge is 2.04. The van der Waals surface area contributed by atoms with Crippen LogP contribution in [0.2, 0.25) is 0 Å². The van der Waals surface area contributed by atoms with E-state index >= 15 is 0 Å². The molecular weight excluding hydrogens is 240 g/mol. The van der Waals surface area contributed by atoms with Crippen molar-refractivity contribution >= 4 is 11.3 Å². The van der Waals surface area contributed by atoms with Crippen LogP contribution in [0.25, 0.3) is 0 Å². The number of hydrogen-bond donors (Lipinski definition) is 1. The van der Waals surface area contributed by atoms with Gasteiger partial charge in [-0.15, -0.1) is 11.3 Å². The molecular formula is C15H28N2S. The predicted octanol–water partition coefficient (Wildman–Crippen LogP) is 3.74. The van der Waals surface area contributed by atoms with Gasteiger partial charge in [-0.1, -0.05) is 33.3 Å². The first-order valence-corrected chi connectivity index (χ1v) is 8.08. The Labute approximate surface area is 116 Å². The second-order valence-corrected chi connectivity index (χ2v) is 6.15. The molecule has 104 valence electrons. The third kappa shape index (κ3) is 7.14. The van der Waals surface area contributed by atoms with Crippen molar-refractivity contribution in [1.29, 1.82) is 0 Å². The summed E-state index contributed by atoms with van der Waals surface area (Å²) in [4.78, 5) is 4.03. The molecule has 0 saturated heterocycles. The average molecular weight is 268 g/mol. The SMILES string of the molecule is CCN(CCCCCNC(C)C)Cc1cccs1. The van der Waals surface area contributed by atoms with Crippen molar-refractivity contribution in [2.75, 3.05) is 19.6 Å². The second kappa shape index (κ2) is 9.54. The lowest BCUT2D eigenvalue weighted by molar-refractivity contribution is 0.275. The van der Waals surface area contributed by atoms with E-state index in [0.29, 0.717) is 6.04 Å². The summed E-state index contributed by atoms with van der Waals surface area (Å²) in [6.07, 6.45) is 3.95. The average Bonchev–Trinajstić information content (AvgIpc) is 2.84. The Hall–Kier alpha value is -0.380. The van der Waals surface area contributed by atoms with Crippen LogP contribution < -0.4 is 5.32 Å². The summed E-state index contributed by atoms with van der Waals surface area (Å²) in [7, 11) is 0. The summed E-state index contributed by atoms with van der Waals surface area (Å²) in [5.41, 5.74) is 0. The van der Waals surface area contributed by atoms with Crippen molar-refractivity contribution in [1.82, 2.24) is 10.2 Å². The first kappa shape index (κ1) is 15.7. The van der Waals surface area contributed by atoms with E-state index in [1.807, 2.05) is 11.3 Å². The zero-order valence-corrected chi connectivity index (χ0v) is 12.9. The Bertz CT molecular complexity index is 283. The number of rotatable bonds is 10. The first-order chi connectivity index (χ1) is 8.72. The molecule has 0 aliphatic carbocycles. The van der Waals surface area contributed by atoms with Gasteiger partial charge < -0.3 is 5.32 Å². The van der Waals surface area contributed by atoms with Gasteiger partial charge >= 0.3 is 0 Å². The summed E-state index contributed by atoms with van der Waals surface area (Å²) in [6, 6.07) is 5.00. The maximum atomic E-state index is 3.47. The third-order valence-electron chi connectivity index (χ3n) is 3.11. The molecule has 0 aromatic carbocycles. The summed E-state index contributed by atoms with van der Waals surface area (Å²) in [6.45, 7) is 11.3. The summed E-state index contributed by atoms with van der Waals surface area (Å²) in [5, 5.41) is 5.64. The fraction of sp³-hybridized carbons (Fsp3) is 0.733. The van der Waals surface area contributed by atoms with Gasteiger partial charge in [-0.3, -0.25) is 4.90 Å². The molecule has 0 saturated carbocycles. The second-order valence-electron chi connectivity index (χ2n) is 5.12. The zero-order chi connectivity index (χ0) is 13.2. The van der Waals surface area contributed by atoms with Crippen molar-refractivity contribution in [3.63, 3.8) is 0 Å². The highest BCUT2D eigenvalue weighted by atomic mass is 32.1. The number of nitrogens with one attached hydrogen (secondary N) is 1. The monoisotopic (exact) mass is 268 g/mol. The van der Waals surface area contributed by atoms with Crippen LogP contribution >= 0.6 is 11.3 Å². The molecule has 0 aliphatic heterocycles. The molecule has 1 rings (SSSR count). The van der Waals surface area contributed by atoms with E-state index < -0.39 is 0 Å². The Morgan fingerprint density at radius 3 is 2.72 bits per heavy atom. The molecule has 2 nitrogen and oxygen atoms in total. The Kier molecular flexibility index (Phi) is 8.31. The minimum atomic E-state index is 0.621. The lowest BCUT2D eigenvalue weighted by atomic mass is 10.2. The molecule has 0 amide bonds. The maximum Gasteiger partial charge on any atom is 0.0327 e. The molecule has 3 heteroatoms. The molecule has 0 atom stereocenters. The van der Waals surface area contributed by atoms with E-state index in [0.717, 1.165) is 19.6 Å². The van der Waals surface area contributed by atoms with E-state index in [2.05, 4.69) is 48.5 Å². The van der Waals surface area contributed by atoms with Gasteiger partial charge in [0.2, 0.25) is 0 Å². The van der Waals surface area contributed by atoms with Crippen LogP contribution in [0, 0.1) is 0 Å². The van der Waals surface area contributed by atoms with Crippen LogP contribution in [0.4, 0.5) is 0 Å². The van der Waals surface area contributed by atoms with E-state index in [1.54, 1.807) is 0 Å². The topological polar surface area (TPSA) is 15.3 Å². The fourth-order valence-electron chi connectivity index (χ4n) is 2.00. The maximum absolute atomic E-state index is 3.47. The lowest BCUT2D eigenvalue weighted by Crippen LogP contribution is -2.25. The molecule has 18 heavy (non-hydrogen) atoms. The molecule has 1 heterocycles. The summed E-state index contributed by atoms with van der Waals surface area (Å²) in [5.74, 6) is 0. The van der Waals surface area contributed by atoms with Crippen LogP contribution in [0.1, 0.15) is 44.9 Å². The Morgan fingerprint density at radius 1 is 1.28 bits per heavy atom. The summed E-state index contributed by atoms with van der Waals surface area (Å²) < 4.78 is 0. The normalized spacial score (nSPS) is 11.6. The van der Waals surface area contributed by atoms with Crippen LogP contribution in [0.15, 0.2) is 17.5 Å². The quantitative estimate of drug-likeness (QED) is 0.650. The highest BCUT2D eigenvalue weighted by molar-refractivity contribution is 7.09. The van der Waals surface area contributed by atoms with Crippen LogP contribution in [0.5, 0.6) is 0 Å². The van der Waals surface area contributed by atoms with Crippen molar-refractivity contribution in [2.45, 2.75) is 52.6 Å². The fourth-order valence-corrected chi connectivity index (χ4v) is 2.75. The van der Waals surface area contributed by atoms with Gasteiger partial charge in [-0.05, 0) is 43.9 Å². The minimum absolute atomic E-state index is 0.621. The van der Waals surface area contributed by atoms with E-state index in [1.165, 1.54) is 30.7 Å². The Morgan fingerprint density at radius 2 is 2.11 bits per heavy atom. The van der Waals surface area contributed by atoms with Gasteiger partial charge in [0, 0.05) is 17.5 Å². The van der Waals surface area contributed by atoms with Gasteiger partial charge in [0.15, 0.2) is 0 Å². The molecule has 1 N–H and O–H groups in total. The van der Waals surface area contributed by atoms with Crippen LogP contribution in [-0.4, -0.2) is 30.6 Å². The third-order valence-corrected chi connectivity index (χ3v) is 3.97. The standard InChI is InChI=1S/C15H28N2S/c1-4-17(13-15-9-8-12-18-15)11-7-5-6-10-16-14(2)3/h8-9,12,14,16H,4-7,10-11,13H2,1-3H3. The van der Waals surface area contributed by atoms with E-state index in [-0.39, 0.29) is 0 Å². The predicted molar refractivity (Wildman–Crippen MR) is 82.3 cm³/mol. The van der Waals surface area contributed by atoms with Gasteiger partial charge in [-0.25, -0.2) is 0 Å². The number of hydrogen-bond acceptors (Lipinski definition) is 3. The number of nitrogens with zero attached hydrogens (tertiary/aromatic N) is 1. The molecule has 0 bridgehead atoms. The summed E-state index contributed by atoms with van der Waals surface area (Å²) >= 11 is 1.87. The van der Waals surface area contributed by atoms with E-state index in [9.17, 15) is 0 Å². The number of thiophene rings is 1. The van der Waals surface area contributed by atoms with E-state index in [4.69, 9.17) is 0 Å². The minimum Gasteiger partial charge on any atom is -0.315 e. The highest BCUT2D eigenvalue weighted by Crippen LogP contribution is 2.12. The zero-order valence-electron chi connectivity index (χ0n) is 12.1. The van der Waals surface area contributed by atoms with Gasteiger partial charge in [0.1, 0.15) is 0 Å². The Balaban J connectivity index is 2.05. The number of unbranched alkanes of at least 4 members (excludes halogenated alkanes) is 2. The van der Waals surface area contributed by atoms with Gasteiger partial charge in [0.05, 0.1) is 0 Å². The van der Waals surface area contributed by atoms with Gasteiger partial charge in [-0.2, -0.15) is 0 Å². The largest absolute Gasteiger partial charge is 0.315 e. The molecule has 1 aromatic rings. The molecule has 0 spiro atoms. The molecule has 0 aliphatic rings. The molecule has 0 radical (unpaired) electrons. The molecule has 1 aromatic heterocycles. The van der Waals surface area contributed by atoms with Crippen molar-refractivity contribution < 1.29 is 0 Å². The first-order valence-electron chi connectivity index (χ1n) is 7.20. The van der Waals surface area contributed by atoms with Gasteiger partial charge in [0.25, 0.3) is 0 Å². The smallest absolute Gasteiger partial charge is 0.0327 e. The van der Waals surface area contributed by atoms with Crippen molar-refractivity contribution in [3.8, 4) is 0 Å². The lowest BCUT2D eigenvalue weighted by Gasteiger charge is -2.19. The van der Waals surface area contributed by atoms with Crippen LogP contribution in [-0.2, 0) is 6.54 Å². The van der Waals surface area contributed by atoms with Crippen molar-refractivity contribution in [2.24, 2.45) is 0 Å². The van der Waals surface area contributed by atoms with Crippen molar-refractivity contribution in [3.05, 3.63) is 22.4 Å². The molecule has 0 unspecified atom stereocenters. The molecule has 0 fully saturated rings. The van der Waals surface area contributed by atoms with Crippen LogP contribution in [0.3, 0.4) is 0 Å².